The minimum atomic E-state index is -1.75. The van der Waals surface area contributed by atoms with Crippen LogP contribution in [0.1, 0.15) is 26.5 Å². The molecule has 0 bridgehead atoms. The molecule has 0 aliphatic carbocycles. The molecule has 3 nitrogen and oxygen atoms in total. The van der Waals surface area contributed by atoms with Crippen LogP contribution in [0.2, 0.25) is 18.1 Å². The van der Waals surface area contributed by atoms with Gasteiger partial charge in [0, 0.05) is 0 Å². The number of nitrogen functional groups attached to an aromatic ring is 1. The van der Waals surface area contributed by atoms with Crippen LogP contribution < -0.4 is 10.2 Å². The van der Waals surface area contributed by atoms with E-state index >= 15 is 0 Å². The molecule has 5 heteroatoms. The lowest BCUT2D eigenvalue weighted by atomic mass is 10.2. The number of hydrogen-bond acceptors (Lipinski definition) is 4. The Morgan fingerprint density at radius 3 is 2.20 bits per heavy atom. The van der Waals surface area contributed by atoms with Gasteiger partial charge < -0.3 is 10.2 Å². The molecule has 0 amide bonds. The second kappa shape index (κ2) is 3.79. The Labute approximate surface area is 96.8 Å². The van der Waals surface area contributed by atoms with Crippen LogP contribution in [0.15, 0.2) is 0 Å². The molecule has 0 saturated carbocycles. The van der Waals surface area contributed by atoms with Gasteiger partial charge in [0.15, 0.2) is 10.2 Å². The maximum Gasteiger partial charge on any atom is 0.251 e. The SMILES string of the molecule is Cc1nc(N)sc1O[Si](C)(C)C(C)(C)C. The largest absolute Gasteiger partial charge is 0.535 e. The fourth-order valence-corrected chi connectivity index (χ4v) is 3.16. The normalized spacial score (nSPS) is 12.9. The van der Waals surface area contributed by atoms with Crippen molar-refractivity contribution in [1.29, 1.82) is 0 Å². The summed E-state index contributed by atoms with van der Waals surface area (Å²) in [6, 6.07) is 0. The second-order valence-corrected chi connectivity index (χ2v) is 11.0. The summed E-state index contributed by atoms with van der Waals surface area (Å²) in [6.07, 6.45) is 0. The Balaban J connectivity index is 2.91. The number of thiazole rings is 1. The Kier molecular flexibility index (Phi) is 3.16. The highest BCUT2D eigenvalue weighted by molar-refractivity contribution is 7.17. The van der Waals surface area contributed by atoms with Gasteiger partial charge in [0.05, 0.1) is 5.69 Å². The van der Waals surface area contributed by atoms with E-state index in [1.54, 1.807) is 0 Å². The highest BCUT2D eigenvalue weighted by Crippen LogP contribution is 2.40. The number of anilines is 1. The Morgan fingerprint density at radius 2 is 1.87 bits per heavy atom. The third-order valence-electron chi connectivity index (χ3n) is 2.92. The molecule has 2 N–H and O–H groups in total. The van der Waals surface area contributed by atoms with Gasteiger partial charge >= 0.3 is 0 Å². The van der Waals surface area contributed by atoms with E-state index in [0.29, 0.717) is 5.13 Å². The minimum absolute atomic E-state index is 0.207. The molecule has 1 aromatic rings. The van der Waals surface area contributed by atoms with Crippen LogP contribution in [0, 0.1) is 6.92 Å². The standard InChI is InChI=1S/C10H20N2OSSi/c1-7-8(14-9(11)12-7)13-15(5,6)10(2,3)4/h1-6H3,(H2,11,12). The summed E-state index contributed by atoms with van der Waals surface area (Å²) in [6.45, 7) is 13.1. The molecule has 15 heavy (non-hydrogen) atoms. The van der Waals surface area contributed by atoms with Crippen molar-refractivity contribution in [3.63, 3.8) is 0 Å². The van der Waals surface area contributed by atoms with Crippen LogP contribution in [0.5, 0.6) is 5.06 Å². The fourth-order valence-electron chi connectivity index (χ4n) is 0.882. The van der Waals surface area contributed by atoms with Crippen LogP contribution >= 0.6 is 11.3 Å². The summed E-state index contributed by atoms with van der Waals surface area (Å²) in [4.78, 5) is 4.17. The van der Waals surface area contributed by atoms with Crippen molar-refractivity contribution in [3.8, 4) is 5.06 Å². The molecular weight excluding hydrogens is 224 g/mol. The smallest absolute Gasteiger partial charge is 0.251 e. The van der Waals surface area contributed by atoms with Crippen molar-refractivity contribution < 1.29 is 4.43 Å². The third kappa shape index (κ3) is 2.72. The molecule has 86 valence electrons. The van der Waals surface area contributed by atoms with Gasteiger partial charge in [-0.25, -0.2) is 4.98 Å². The van der Waals surface area contributed by atoms with Gasteiger partial charge in [0.2, 0.25) is 0 Å². The molecule has 1 rings (SSSR count). The van der Waals surface area contributed by atoms with Crippen molar-refractivity contribution in [1.82, 2.24) is 4.98 Å². The third-order valence-corrected chi connectivity index (χ3v) is 8.26. The summed E-state index contributed by atoms with van der Waals surface area (Å²) in [5.74, 6) is 0. The first kappa shape index (κ1) is 12.5. The molecule has 0 aliphatic rings. The van der Waals surface area contributed by atoms with E-state index in [-0.39, 0.29) is 5.04 Å². The summed E-state index contributed by atoms with van der Waals surface area (Å²) >= 11 is 1.44. The minimum Gasteiger partial charge on any atom is -0.535 e. The van der Waals surface area contributed by atoms with E-state index in [1.807, 2.05) is 6.92 Å². The molecule has 0 unspecified atom stereocenters. The van der Waals surface area contributed by atoms with Crippen LogP contribution in [0.4, 0.5) is 5.13 Å². The van der Waals surface area contributed by atoms with E-state index in [9.17, 15) is 0 Å². The van der Waals surface area contributed by atoms with Gasteiger partial charge in [-0.05, 0) is 25.1 Å². The van der Waals surface area contributed by atoms with E-state index < -0.39 is 8.32 Å². The van der Waals surface area contributed by atoms with Crippen molar-refractivity contribution in [2.45, 2.75) is 45.8 Å². The molecular formula is C10H20N2OSSi. The van der Waals surface area contributed by atoms with Crippen molar-refractivity contribution >= 4 is 24.8 Å². The molecule has 0 saturated heterocycles. The van der Waals surface area contributed by atoms with Crippen LogP contribution in [0.25, 0.3) is 0 Å². The number of nitrogens with zero attached hydrogens (tertiary/aromatic N) is 1. The molecule has 0 radical (unpaired) electrons. The summed E-state index contributed by atoms with van der Waals surface area (Å²) in [5, 5.41) is 1.68. The first-order chi connectivity index (χ1) is 6.63. The van der Waals surface area contributed by atoms with Crippen molar-refractivity contribution in [2.24, 2.45) is 0 Å². The number of hydrogen-bond donors (Lipinski definition) is 1. The van der Waals surface area contributed by atoms with E-state index in [1.165, 1.54) is 11.3 Å². The lowest BCUT2D eigenvalue weighted by molar-refractivity contribution is 0.498. The van der Waals surface area contributed by atoms with Crippen molar-refractivity contribution in [2.75, 3.05) is 5.73 Å². The predicted octanol–water partition coefficient (Wildman–Crippen LogP) is 3.42. The zero-order valence-corrected chi connectivity index (χ0v) is 12.2. The molecule has 0 fully saturated rings. The fraction of sp³-hybridized carbons (Fsp3) is 0.700. The van der Waals surface area contributed by atoms with Gasteiger partial charge in [0.1, 0.15) is 0 Å². The van der Waals surface area contributed by atoms with Gasteiger partial charge in [-0.1, -0.05) is 32.1 Å². The number of aryl methyl sites for hydroxylation is 1. The van der Waals surface area contributed by atoms with E-state index in [4.69, 9.17) is 10.2 Å². The molecule has 1 heterocycles. The average Bonchev–Trinajstić information content (AvgIpc) is 2.26. The maximum atomic E-state index is 6.13. The first-order valence-electron chi connectivity index (χ1n) is 5.05. The quantitative estimate of drug-likeness (QED) is 0.811. The lowest BCUT2D eigenvalue weighted by Crippen LogP contribution is -2.43. The second-order valence-electron chi connectivity index (χ2n) is 5.29. The molecule has 0 aromatic carbocycles. The van der Waals surface area contributed by atoms with Gasteiger partial charge in [-0.15, -0.1) is 0 Å². The van der Waals surface area contributed by atoms with E-state index in [0.717, 1.165) is 10.8 Å². The summed E-state index contributed by atoms with van der Waals surface area (Å²) < 4.78 is 6.13. The molecule has 1 aromatic heterocycles. The highest BCUT2D eigenvalue weighted by atomic mass is 32.1. The molecule has 0 spiro atoms. The summed E-state index contributed by atoms with van der Waals surface area (Å²) in [7, 11) is -1.75. The monoisotopic (exact) mass is 244 g/mol. The van der Waals surface area contributed by atoms with Gasteiger partial charge in [0.25, 0.3) is 8.32 Å². The predicted molar refractivity (Wildman–Crippen MR) is 69.1 cm³/mol. The Hall–Kier alpha value is -0.553. The number of aromatic nitrogens is 1. The molecule has 0 aliphatic heterocycles. The zero-order valence-electron chi connectivity index (χ0n) is 10.3. The van der Waals surface area contributed by atoms with Crippen molar-refractivity contribution in [3.05, 3.63) is 5.69 Å². The molecule has 0 atom stereocenters. The van der Waals surface area contributed by atoms with Crippen LogP contribution in [0.3, 0.4) is 0 Å². The van der Waals surface area contributed by atoms with Crippen LogP contribution in [-0.2, 0) is 0 Å². The topological polar surface area (TPSA) is 48.1 Å². The van der Waals surface area contributed by atoms with Crippen LogP contribution in [-0.4, -0.2) is 13.3 Å². The average molecular weight is 244 g/mol. The number of rotatable bonds is 2. The van der Waals surface area contributed by atoms with Gasteiger partial charge in [-0.2, -0.15) is 0 Å². The first-order valence-corrected chi connectivity index (χ1v) is 8.78. The maximum absolute atomic E-state index is 6.13. The number of nitrogens with two attached hydrogens (primary N) is 1. The lowest BCUT2D eigenvalue weighted by Gasteiger charge is -2.35. The van der Waals surface area contributed by atoms with Gasteiger partial charge in [-0.3, -0.25) is 0 Å². The Morgan fingerprint density at radius 1 is 1.33 bits per heavy atom. The van der Waals surface area contributed by atoms with E-state index in [2.05, 4.69) is 38.8 Å². The Bertz CT molecular complexity index is 355. The zero-order chi connectivity index (χ0) is 11.9. The summed E-state index contributed by atoms with van der Waals surface area (Å²) in [5.41, 5.74) is 6.56. The highest BCUT2D eigenvalue weighted by Gasteiger charge is 2.39.